The molecule has 0 aliphatic heterocycles. The van der Waals surface area contributed by atoms with E-state index in [0.717, 1.165) is 16.6 Å². The largest absolute Gasteiger partial charge is 0.447 e. The van der Waals surface area contributed by atoms with Crippen molar-refractivity contribution < 1.29 is 9.52 Å². The number of benzene rings is 1. The van der Waals surface area contributed by atoms with E-state index in [4.69, 9.17) is 16.0 Å². The van der Waals surface area contributed by atoms with Crippen LogP contribution in [0.3, 0.4) is 0 Å². The maximum atomic E-state index is 10.2. The molecule has 0 aliphatic carbocycles. The standard InChI is InChI=1S/C14H13ClN2O2/c1-17-11-5-3-2-4-9(11)10(16-17)8-12(18)13-6-7-14(15)19-13/h2-7,12,18H,8H2,1H3. The van der Waals surface area contributed by atoms with Gasteiger partial charge in [0.15, 0.2) is 5.22 Å². The van der Waals surface area contributed by atoms with E-state index in [1.807, 2.05) is 36.0 Å². The Kier molecular flexibility index (Phi) is 3.05. The number of aromatic nitrogens is 2. The zero-order valence-electron chi connectivity index (χ0n) is 10.4. The van der Waals surface area contributed by atoms with Gasteiger partial charge in [0.25, 0.3) is 0 Å². The van der Waals surface area contributed by atoms with Crippen molar-refractivity contribution in [3.8, 4) is 0 Å². The van der Waals surface area contributed by atoms with Gasteiger partial charge in [0.1, 0.15) is 11.9 Å². The predicted molar refractivity (Wildman–Crippen MR) is 73.1 cm³/mol. The molecule has 1 aromatic carbocycles. The van der Waals surface area contributed by atoms with Crippen LogP contribution in [-0.2, 0) is 13.5 Å². The Hall–Kier alpha value is -1.78. The van der Waals surface area contributed by atoms with Crippen LogP contribution in [0, 0.1) is 0 Å². The summed E-state index contributed by atoms with van der Waals surface area (Å²) in [4.78, 5) is 0. The summed E-state index contributed by atoms with van der Waals surface area (Å²) in [6.45, 7) is 0. The molecule has 3 rings (SSSR count). The number of furan rings is 1. The third kappa shape index (κ3) is 2.25. The average Bonchev–Trinajstić information content (AvgIpc) is 2.96. The molecule has 0 fully saturated rings. The number of fused-ring (bicyclic) bond motifs is 1. The predicted octanol–water partition coefficient (Wildman–Crippen LogP) is 3.10. The Balaban J connectivity index is 1.93. The van der Waals surface area contributed by atoms with E-state index in [1.165, 1.54) is 0 Å². The first-order chi connectivity index (χ1) is 9.15. The smallest absolute Gasteiger partial charge is 0.193 e. The first kappa shape index (κ1) is 12.3. The van der Waals surface area contributed by atoms with Gasteiger partial charge >= 0.3 is 0 Å². The summed E-state index contributed by atoms with van der Waals surface area (Å²) >= 11 is 5.71. The highest BCUT2D eigenvalue weighted by molar-refractivity contribution is 6.28. The number of hydrogen-bond donors (Lipinski definition) is 1. The second-order valence-electron chi connectivity index (χ2n) is 4.45. The molecule has 19 heavy (non-hydrogen) atoms. The molecule has 1 N–H and O–H groups in total. The first-order valence-corrected chi connectivity index (χ1v) is 6.37. The second-order valence-corrected chi connectivity index (χ2v) is 4.82. The molecule has 0 saturated heterocycles. The number of halogens is 1. The maximum absolute atomic E-state index is 10.2. The number of hydrogen-bond acceptors (Lipinski definition) is 3. The molecule has 0 saturated carbocycles. The molecule has 0 amide bonds. The molecule has 4 nitrogen and oxygen atoms in total. The van der Waals surface area contributed by atoms with E-state index in [-0.39, 0.29) is 5.22 Å². The number of rotatable bonds is 3. The lowest BCUT2D eigenvalue weighted by atomic mass is 10.1. The highest BCUT2D eigenvalue weighted by Gasteiger charge is 2.17. The van der Waals surface area contributed by atoms with E-state index < -0.39 is 6.10 Å². The van der Waals surface area contributed by atoms with Gasteiger partial charge in [-0.1, -0.05) is 18.2 Å². The summed E-state index contributed by atoms with van der Waals surface area (Å²) in [5.74, 6) is 0.458. The highest BCUT2D eigenvalue weighted by atomic mass is 35.5. The summed E-state index contributed by atoms with van der Waals surface area (Å²) in [7, 11) is 1.89. The molecule has 0 aliphatic rings. The van der Waals surface area contributed by atoms with Gasteiger partial charge < -0.3 is 9.52 Å². The van der Waals surface area contributed by atoms with Crippen LogP contribution in [0.15, 0.2) is 40.8 Å². The molecule has 1 atom stereocenters. The Morgan fingerprint density at radius 1 is 1.32 bits per heavy atom. The summed E-state index contributed by atoms with van der Waals surface area (Å²) in [6, 6.07) is 11.2. The van der Waals surface area contributed by atoms with Crippen molar-refractivity contribution in [2.45, 2.75) is 12.5 Å². The fourth-order valence-corrected chi connectivity index (χ4v) is 2.38. The third-order valence-electron chi connectivity index (χ3n) is 3.14. The number of para-hydroxylation sites is 1. The van der Waals surface area contributed by atoms with Crippen molar-refractivity contribution in [1.82, 2.24) is 9.78 Å². The zero-order valence-corrected chi connectivity index (χ0v) is 11.1. The number of aliphatic hydroxyl groups excluding tert-OH is 1. The third-order valence-corrected chi connectivity index (χ3v) is 3.35. The Morgan fingerprint density at radius 2 is 2.11 bits per heavy atom. The summed E-state index contributed by atoms with van der Waals surface area (Å²) in [5.41, 5.74) is 1.89. The van der Waals surface area contributed by atoms with Gasteiger partial charge in [-0.3, -0.25) is 4.68 Å². The van der Waals surface area contributed by atoms with Crippen molar-refractivity contribution in [2.75, 3.05) is 0 Å². The van der Waals surface area contributed by atoms with Crippen LogP contribution in [0.4, 0.5) is 0 Å². The van der Waals surface area contributed by atoms with Crippen molar-refractivity contribution >= 4 is 22.5 Å². The zero-order chi connectivity index (χ0) is 13.4. The number of aryl methyl sites for hydroxylation is 1. The van der Waals surface area contributed by atoms with Gasteiger partial charge in [0.05, 0.1) is 11.2 Å². The molecule has 0 spiro atoms. The molecule has 3 aromatic rings. The van der Waals surface area contributed by atoms with Gasteiger partial charge in [-0.2, -0.15) is 5.10 Å². The van der Waals surface area contributed by atoms with Gasteiger partial charge in [-0.15, -0.1) is 0 Å². The second kappa shape index (κ2) is 4.72. The van der Waals surface area contributed by atoms with Crippen molar-refractivity contribution in [3.05, 3.63) is 53.1 Å². The van der Waals surface area contributed by atoms with Crippen LogP contribution in [0.25, 0.3) is 10.9 Å². The van der Waals surface area contributed by atoms with Crippen LogP contribution in [0.1, 0.15) is 17.6 Å². The molecule has 2 heterocycles. The fourth-order valence-electron chi connectivity index (χ4n) is 2.23. The van der Waals surface area contributed by atoms with Crippen molar-refractivity contribution in [3.63, 3.8) is 0 Å². The van der Waals surface area contributed by atoms with Crippen molar-refractivity contribution in [2.24, 2.45) is 7.05 Å². The number of nitrogens with zero attached hydrogens (tertiary/aromatic N) is 2. The van der Waals surface area contributed by atoms with E-state index in [0.29, 0.717) is 12.2 Å². The SMILES string of the molecule is Cn1nc(CC(O)c2ccc(Cl)o2)c2ccccc21. The lowest BCUT2D eigenvalue weighted by Crippen LogP contribution is -2.02. The minimum atomic E-state index is -0.745. The van der Waals surface area contributed by atoms with Crippen LogP contribution >= 0.6 is 11.6 Å². The van der Waals surface area contributed by atoms with Gasteiger partial charge in [0.2, 0.25) is 0 Å². The van der Waals surface area contributed by atoms with E-state index in [2.05, 4.69) is 5.10 Å². The molecule has 0 bridgehead atoms. The average molecular weight is 277 g/mol. The normalized spacial score (nSPS) is 13.0. The molecule has 0 radical (unpaired) electrons. The summed E-state index contributed by atoms with van der Waals surface area (Å²) in [5, 5.41) is 15.9. The molecule has 5 heteroatoms. The highest BCUT2D eigenvalue weighted by Crippen LogP contribution is 2.26. The fraction of sp³-hybridized carbons (Fsp3) is 0.214. The van der Waals surface area contributed by atoms with Gasteiger partial charge in [-0.05, 0) is 29.8 Å². The molecule has 98 valence electrons. The van der Waals surface area contributed by atoms with Gasteiger partial charge in [0, 0.05) is 18.9 Å². The minimum Gasteiger partial charge on any atom is -0.447 e. The van der Waals surface area contributed by atoms with E-state index in [1.54, 1.807) is 12.1 Å². The van der Waals surface area contributed by atoms with Crippen LogP contribution < -0.4 is 0 Å². The Labute approximate surface area is 115 Å². The quantitative estimate of drug-likeness (QED) is 0.800. The van der Waals surface area contributed by atoms with Crippen LogP contribution in [-0.4, -0.2) is 14.9 Å². The molecular formula is C14H13ClN2O2. The Bertz CT molecular complexity index is 717. The molecular weight excluding hydrogens is 264 g/mol. The minimum absolute atomic E-state index is 0.278. The monoisotopic (exact) mass is 276 g/mol. The van der Waals surface area contributed by atoms with E-state index >= 15 is 0 Å². The molecule has 2 aromatic heterocycles. The topological polar surface area (TPSA) is 51.2 Å². The maximum Gasteiger partial charge on any atom is 0.193 e. The first-order valence-electron chi connectivity index (χ1n) is 5.99. The lowest BCUT2D eigenvalue weighted by molar-refractivity contribution is 0.149. The molecule has 1 unspecified atom stereocenters. The van der Waals surface area contributed by atoms with Crippen LogP contribution in [0.2, 0.25) is 5.22 Å². The van der Waals surface area contributed by atoms with E-state index in [9.17, 15) is 5.11 Å². The number of aliphatic hydroxyl groups is 1. The lowest BCUT2D eigenvalue weighted by Gasteiger charge is -2.05. The summed E-state index contributed by atoms with van der Waals surface area (Å²) in [6.07, 6.45) is -0.351. The van der Waals surface area contributed by atoms with Crippen molar-refractivity contribution in [1.29, 1.82) is 0 Å². The van der Waals surface area contributed by atoms with Gasteiger partial charge in [-0.25, -0.2) is 0 Å². The summed E-state index contributed by atoms with van der Waals surface area (Å²) < 4.78 is 7.03. The van der Waals surface area contributed by atoms with Crippen LogP contribution in [0.5, 0.6) is 0 Å². The Morgan fingerprint density at radius 3 is 2.84 bits per heavy atom.